The van der Waals surface area contributed by atoms with Gasteiger partial charge in [0.2, 0.25) is 0 Å². The van der Waals surface area contributed by atoms with E-state index in [4.69, 9.17) is 0 Å². The monoisotopic (exact) mass is 438 g/mol. The summed E-state index contributed by atoms with van der Waals surface area (Å²) in [5.41, 5.74) is 3.12. The lowest BCUT2D eigenvalue weighted by Gasteiger charge is -2.35. The SMILES string of the molecule is CC(CO)c1ccc(C(=O)Nc2cccc(N3CC(F)C3)n2)c(N2CCC3(CC2)CC3)c1. The van der Waals surface area contributed by atoms with Gasteiger partial charge >= 0.3 is 0 Å². The van der Waals surface area contributed by atoms with E-state index in [9.17, 15) is 14.3 Å². The molecule has 32 heavy (non-hydrogen) atoms. The molecule has 0 radical (unpaired) electrons. The highest BCUT2D eigenvalue weighted by Crippen LogP contribution is 2.54. The van der Waals surface area contributed by atoms with Crippen LogP contribution in [0.1, 0.15) is 54.4 Å². The van der Waals surface area contributed by atoms with Crippen molar-refractivity contribution in [3.05, 3.63) is 47.5 Å². The van der Waals surface area contributed by atoms with Crippen molar-refractivity contribution in [1.82, 2.24) is 4.98 Å². The van der Waals surface area contributed by atoms with Crippen LogP contribution >= 0.6 is 0 Å². The highest BCUT2D eigenvalue weighted by molar-refractivity contribution is 6.08. The van der Waals surface area contributed by atoms with Crippen LogP contribution in [0.15, 0.2) is 36.4 Å². The number of aliphatic hydroxyl groups is 1. The number of nitrogens with zero attached hydrogens (tertiary/aromatic N) is 3. The number of hydrogen-bond acceptors (Lipinski definition) is 5. The first-order valence-electron chi connectivity index (χ1n) is 11.6. The largest absolute Gasteiger partial charge is 0.396 e. The number of aliphatic hydroxyl groups excluding tert-OH is 1. The molecule has 2 aliphatic heterocycles. The number of rotatable bonds is 6. The predicted molar refractivity (Wildman–Crippen MR) is 124 cm³/mol. The van der Waals surface area contributed by atoms with Gasteiger partial charge in [-0.15, -0.1) is 0 Å². The molecule has 3 fully saturated rings. The molecule has 1 aromatic heterocycles. The van der Waals surface area contributed by atoms with Crippen molar-refractivity contribution in [2.24, 2.45) is 5.41 Å². The molecule has 2 saturated heterocycles. The molecule has 3 heterocycles. The van der Waals surface area contributed by atoms with Gasteiger partial charge < -0.3 is 20.2 Å². The molecule has 1 saturated carbocycles. The van der Waals surface area contributed by atoms with E-state index in [0.717, 1.165) is 24.3 Å². The summed E-state index contributed by atoms with van der Waals surface area (Å²) in [5.74, 6) is 0.949. The fraction of sp³-hybridized carbons (Fsp3) is 0.520. The van der Waals surface area contributed by atoms with Crippen LogP contribution in [0.2, 0.25) is 0 Å². The number of carbonyl (C=O) groups is 1. The van der Waals surface area contributed by atoms with Gasteiger partial charge in [-0.2, -0.15) is 0 Å². The number of hydrogen-bond donors (Lipinski definition) is 2. The second-order valence-electron chi connectivity index (χ2n) is 9.68. The second kappa shape index (κ2) is 8.35. The molecule has 3 aliphatic rings. The average molecular weight is 439 g/mol. The topological polar surface area (TPSA) is 68.7 Å². The van der Waals surface area contributed by atoms with E-state index in [1.165, 1.54) is 25.7 Å². The van der Waals surface area contributed by atoms with Crippen LogP contribution in [0, 0.1) is 5.41 Å². The highest BCUT2D eigenvalue weighted by Gasteiger charge is 2.44. The summed E-state index contributed by atoms with van der Waals surface area (Å²) < 4.78 is 13.2. The molecule has 5 rings (SSSR count). The van der Waals surface area contributed by atoms with E-state index in [-0.39, 0.29) is 18.4 Å². The Morgan fingerprint density at radius 3 is 2.59 bits per heavy atom. The van der Waals surface area contributed by atoms with Crippen molar-refractivity contribution in [2.45, 2.75) is 44.7 Å². The van der Waals surface area contributed by atoms with Gasteiger partial charge in [0, 0.05) is 31.3 Å². The van der Waals surface area contributed by atoms with Crippen LogP contribution < -0.4 is 15.1 Å². The zero-order chi connectivity index (χ0) is 22.3. The van der Waals surface area contributed by atoms with Crippen molar-refractivity contribution in [1.29, 1.82) is 0 Å². The number of anilines is 3. The number of piperidine rings is 1. The number of amides is 1. The molecule has 1 aliphatic carbocycles. The maximum absolute atomic E-state index is 13.3. The molecule has 6 nitrogen and oxygen atoms in total. The van der Waals surface area contributed by atoms with Crippen molar-refractivity contribution >= 4 is 23.2 Å². The van der Waals surface area contributed by atoms with Crippen molar-refractivity contribution in [3.8, 4) is 0 Å². The van der Waals surface area contributed by atoms with Gasteiger partial charge in [0.1, 0.15) is 17.8 Å². The van der Waals surface area contributed by atoms with Crippen LogP contribution in [0.4, 0.5) is 21.7 Å². The van der Waals surface area contributed by atoms with E-state index in [1.54, 1.807) is 6.07 Å². The van der Waals surface area contributed by atoms with Crippen LogP contribution in [0.3, 0.4) is 0 Å². The first kappa shape index (κ1) is 21.2. The van der Waals surface area contributed by atoms with Crippen molar-refractivity contribution < 1.29 is 14.3 Å². The fourth-order valence-corrected chi connectivity index (χ4v) is 4.78. The number of nitrogens with one attached hydrogen (secondary N) is 1. The Morgan fingerprint density at radius 2 is 1.94 bits per heavy atom. The second-order valence-corrected chi connectivity index (χ2v) is 9.68. The van der Waals surface area contributed by atoms with Crippen molar-refractivity contribution in [2.75, 3.05) is 47.9 Å². The average Bonchev–Trinajstić information content (AvgIpc) is 3.55. The Morgan fingerprint density at radius 1 is 1.19 bits per heavy atom. The minimum absolute atomic E-state index is 0.0135. The summed E-state index contributed by atoms with van der Waals surface area (Å²) in [6.45, 7) is 4.64. The Labute approximate surface area is 188 Å². The number of pyridine rings is 1. The van der Waals surface area contributed by atoms with E-state index in [1.807, 2.05) is 36.1 Å². The molecule has 1 aromatic carbocycles. The zero-order valence-electron chi connectivity index (χ0n) is 18.6. The summed E-state index contributed by atoms with van der Waals surface area (Å²) >= 11 is 0. The first-order chi connectivity index (χ1) is 15.5. The summed E-state index contributed by atoms with van der Waals surface area (Å²) in [5, 5.41) is 12.6. The van der Waals surface area contributed by atoms with Gasteiger partial charge in [0.15, 0.2) is 0 Å². The number of halogens is 1. The zero-order valence-corrected chi connectivity index (χ0v) is 18.6. The summed E-state index contributed by atoms with van der Waals surface area (Å²) in [6, 6.07) is 11.3. The van der Waals surface area contributed by atoms with E-state index in [2.05, 4.69) is 21.3 Å². The molecular weight excluding hydrogens is 407 g/mol. The lowest BCUT2D eigenvalue weighted by atomic mass is 9.92. The van der Waals surface area contributed by atoms with E-state index >= 15 is 0 Å². The molecule has 1 spiro atoms. The Bertz CT molecular complexity index is 993. The quantitative estimate of drug-likeness (QED) is 0.714. The minimum Gasteiger partial charge on any atom is -0.396 e. The smallest absolute Gasteiger partial charge is 0.258 e. The van der Waals surface area contributed by atoms with Gasteiger partial charge in [-0.05, 0) is 60.9 Å². The molecule has 2 aromatic rings. The maximum Gasteiger partial charge on any atom is 0.258 e. The van der Waals surface area contributed by atoms with Crippen LogP contribution in [-0.2, 0) is 0 Å². The van der Waals surface area contributed by atoms with Crippen LogP contribution in [0.5, 0.6) is 0 Å². The summed E-state index contributed by atoms with van der Waals surface area (Å²) in [7, 11) is 0. The molecule has 2 N–H and O–H groups in total. The van der Waals surface area contributed by atoms with Gasteiger partial charge in [-0.3, -0.25) is 4.79 Å². The Kier molecular flexibility index (Phi) is 5.53. The first-order valence-corrected chi connectivity index (χ1v) is 11.6. The number of carbonyl (C=O) groups excluding carboxylic acids is 1. The van der Waals surface area contributed by atoms with Gasteiger partial charge in [-0.25, -0.2) is 9.37 Å². The summed E-state index contributed by atoms with van der Waals surface area (Å²) in [6.07, 6.45) is 4.19. The fourth-order valence-electron chi connectivity index (χ4n) is 4.78. The molecule has 0 bridgehead atoms. The third-order valence-corrected chi connectivity index (χ3v) is 7.37. The summed E-state index contributed by atoms with van der Waals surface area (Å²) in [4.78, 5) is 22.0. The maximum atomic E-state index is 13.3. The Balaban J connectivity index is 1.38. The molecule has 170 valence electrons. The van der Waals surface area contributed by atoms with Crippen molar-refractivity contribution in [3.63, 3.8) is 0 Å². The van der Waals surface area contributed by atoms with Crippen LogP contribution in [-0.4, -0.2) is 55.0 Å². The lowest BCUT2D eigenvalue weighted by Crippen LogP contribution is -2.48. The van der Waals surface area contributed by atoms with E-state index in [0.29, 0.717) is 35.7 Å². The molecule has 7 heteroatoms. The van der Waals surface area contributed by atoms with Gasteiger partial charge in [0.25, 0.3) is 5.91 Å². The minimum atomic E-state index is -0.809. The van der Waals surface area contributed by atoms with Gasteiger partial charge in [0.05, 0.1) is 18.7 Å². The molecule has 1 unspecified atom stereocenters. The Hall–Kier alpha value is -2.67. The molecule has 1 atom stereocenters. The third-order valence-electron chi connectivity index (χ3n) is 7.37. The normalized spacial score (nSPS) is 20.7. The molecular formula is C25H31FN4O2. The standard InChI is InChI=1S/C25H31FN4O2/c1-17(16-31)18-5-6-20(21(13-18)29-11-9-25(7-8-25)10-12-29)24(32)28-22-3-2-4-23(27-22)30-14-19(26)15-30/h2-6,13,17,19,31H,7-12,14-16H2,1H3,(H,27,28,32). The van der Waals surface area contributed by atoms with E-state index < -0.39 is 6.17 Å². The molecule has 1 amide bonds. The van der Waals surface area contributed by atoms with Crippen LogP contribution in [0.25, 0.3) is 0 Å². The predicted octanol–water partition coefficient (Wildman–Crippen LogP) is 3.97. The third kappa shape index (κ3) is 4.18. The number of aromatic nitrogens is 1. The van der Waals surface area contributed by atoms with Gasteiger partial charge in [-0.1, -0.05) is 19.1 Å². The number of alkyl halides is 1. The lowest BCUT2D eigenvalue weighted by molar-refractivity contribution is 0.102. The highest BCUT2D eigenvalue weighted by atomic mass is 19.1. The number of benzene rings is 1.